The van der Waals surface area contributed by atoms with Gasteiger partial charge in [-0.05, 0) is 30.0 Å². The molecule has 4 rings (SSSR count). The van der Waals surface area contributed by atoms with Crippen molar-refractivity contribution in [3.63, 3.8) is 0 Å². The van der Waals surface area contributed by atoms with E-state index in [0.717, 1.165) is 50.6 Å². The third-order valence-electron chi connectivity index (χ3n) is 5.82. The van der Waals surface area contributed by atoms with Gasteiger partial charge in [-0.25, -0.2) is 0 Å². The summed E-state index contributed by atoms with van der Waals surface area (Å²) in [5, 5.41) is 0. The summed E-state index contributed by atoms with van der Waals surface area (Å²) in [5.41, 5.74) is 2.38. The van der Waals surface area contributed by atoms with Gasteiger partial charge < -0.3 is 14.4 Å². The van der Waals surface area contributed by atoms with Crippen LogP contribution in [0.5, 0.6) is 11.5 Å². The maximum Gasteiger partial charge on any atom is 0.223 e. The van der Waals surface area contributed by atoms with Gasteiger partial charge in [-0.2, -0.15) is 0 Å². The summed E-state index contributed by atoms with van der Waals surface area (Å²) in [7, 11) is 1.71. The molecule has 2 aliphatic heterocycles. The van der Waals surface area contributed by atoms with Crippen LogP contribution >= 0.6 is 0 Å². The molecule has 28 heavy (non-hydrogen) atoms. The van der Waals surface area contributed by atoms with Crippen LogP contribution in [-0.4, -0.2) is 55.6 Å². The molecule has 1 unspecified atom stereocenters. The first kappa shape index (κ1) is 18.8. The number of nitrogens with zero attached hydrogens (tertiary/aromatic N) is 2. The Morgan fingerprint density at radius 1 is 1.07 bits per heavy atom. The van der Waals surface area contributed by atoms with Crippen molar-refractivity contribution in [1.82, 2.24) is 9.80 Å². The molecule has 2 heterocycles. The van der Waals surface area contributed by atoms with Crippen LogP contribution in [0.15, 0.2) is 48.5 Å². The number of hydrogen-bond donors (Lipinski definition) is 0. The molecule has 148 valence electrons. The monoisotopic (exact) mass is 380 g/mol. The second-order valence-electron chi connectivity index (χ2n) is 7.54. The Kier molecular flexibility index (Phi) is 5.81. The predicted octanol–water partition coefficient (Wildman–Crippen LogP) is 3.30. The number of methoxy groups -OCH3 is 1. The van der Waals surface area contributed by atoms with Crippen LogP contribution in [-0.2, 0) is 11.3 Å². The van der Waals surface area contributed by atoms with Crippen molar-refractivity contribution in [2.75, 3.05) is 39.9 Å². The second-order valence-corrected chi connectivity index (χ2v) is 7.54. The summed E-state index contributed by atoms with van der Waals surface area (Å²) in [4.78, 5) is 17.3. The maximum absolute atomic E-state index is 12.9. The molecule has 1 fully saturated rings. The number of carbonyl (C=O) groups is 1. The number of amides is 1. The fraction of sp³-hybridized carbons (Fsp3) is 0.435. The van der Waals surface area contributed by atoms with Crippen LogP contribution in [0.4, 0.5) is 0 Å². The van der Waals surface area contributed by atoms with E-state index in [2.05, 4.69) is 17.0 Å². The van der Waals surface area contributed by atoms with Crippen molar-refractivity contribution in [2.24, 2.45) is 0 Å². The number of hydrogen-bond acceptors (Lipinski definition) is 4. The lowest BCUT2D eigenvalue weighted by Crippen LogP contribution is -2.48. The minimum Gasteiger partial charge on any atom is -0.496 e. The fourth-order valence-electron chi connectivity index (χ4n) is 4.20. The summed E-state index contributed by atoms with van der Waals surface area (Å²) >= 11 is 0. The van der Waals surface area contributed by atoms with E-state index >= 15 is 0 Å². The molecule has 0 N–H and O–H groups in total. The zero-order valence-corrected chi connectivity index (χ0v) is 16.5. The topological polar surface area (TPSA) is 42.0 Å². The van der Waals surface area contributed by atoms with Gasteiger partial charge in [0.2, 0.25) is 5.91 Å². The van der Waals surface area contributed by atoms with Crippen molar-refractivity contribution in [3.05, 3.63) is 59.7 Å². The molecule has 0 bridgehead atoms. The number of fused-ring (bicyclic) bond motifs is 1. The number of rotatable bonds is 5. The molecule has 0 radical (unpaired) electrons. The largest absolute Gasteiger partial charge is 0.496 e. The third kappa shape index (κ3) is 4.14. The molecular formula is C23H28N2O3. The highest BCUT2D eigenvalue weighted by atomic mass is 16.5. The molecule has 0 aromatic heterocycles. The second kappa shape index (κ2) is 8.65. The Balaban J connectivity index is 1.31. The van der Waals surface area contributed by atoms with E-state index in [4.69, 9.17) is 9.47 Å². The minimum atomic E-state index is 0.263. The summed E-state index contributed by atoms with van der Waals surface area (Å²) in [6, 6.07) is 16.3. The zero-order valence-electron chi connectivity index (χ0n) is 16.5. The highest BCUT2D eigenvalue weighted by Gasteiger charge is 2.27. The average Bonchev–Trinajstić information content (AvgIpc) is 2.75. The van der Waals surface area contributed by atoms with Crippen LogP contribution in [0.25, 0.3) is 0 Å². The van der Waals surface area contributed by atoms with Gasteiger partial charge in [0.1, 0.15) is 11.5 Å². The first-order valence-electron chi connectivity index (χ1n) is 10.1. The van der Waals surface area contributed by atoms with E-state index in [1.54, 1.807) is 7.11 Å². The zero-order chi connectivity index (χ0) is 19.3. The highest BCUT2D eigenvalue weighted by Crippen LogP contribution is 2.35. The summed E-state index contributed by atoms with van der Waals surface area (Å²) in [6.07, 6.45) is 1.49. The standard InChI is InChI=1S/C23H28N2O3/c1-27-21-8-4-2-6-19(21)17-24-11-13-25(14-12-24)23(26)16-18-10-15-28-22-9-5-3-7-20(18)22/h2-9,18H,10-17H2,1H3. The van der Waals surface area contributed by atoms with Gasteiger partial charge >= 0.3 is 0 Å². The van der Waals surface area contributed by atoms with Gasteiger partial charge in [0, 0.05) is 44.7 Å². The molecule has 5 heteroatoms. The average molecular weight is 380 g/mol. The Hall–Kier alpha value is -2.53. The van der Waals surface area contributed by atoms with E-state index in [9.17, 15) is 4.79 Å². The normalized spacial score (nSPS) is 19.6. The van der Waals surface area contributed by atoms with Crippen molar-refractivity contribution in [3.8, 4) is 11.5 Å². The van der Waals surface area contributed by atoms with Gasteiger partial charge in [0.15, 0.2) is 0 Å². The molecule has 0 aliphatic carbocycles. The number of para-hydroxylation sites is 2. The summed E-state index contributed by atoms with van der Waals surface area (Å²) in [6.45, 7) is 4.93. The molecule has 2 aromatic rings. The number of piperazine rings is 1. The molecule has 1 atom stereocenters. The number of benzene rings is 2. The summed E-state index contributed by atoms with van der Waals surface area (Å²) in [5.74, 6) is 2.40. The minimum absolute atomic E-state index is 0.263. The van der Waals surface area contributed by atoms with Gasteiger partial charge in [-0.3, -0.25) is 9.69 Å². The Labute approximate surface area is 166 Å². The third-order valence-corrected chi connectivity index (χ3v) is 5.82. The van der Waals surface area contributed by atoms with Crippen LogP contribution in [0, 0.1) is 0 Å². The first-order valence-corrected chi connectivity index (χ1v) is 10.1. The van der Waals surface area contributed by atoms with Gasteiger partial charge in [-0.1, -0.05) is 36.4 Å². The van der Waals surface area contributed by atoms with E-state index in [1.807, 2.05) is 41.3 Å². The molecule has 1 saturated heterocycles. The molecule has 5 nitrogen and oxygen atoms in total. The lowest BCUT2D eigenvalue weighted by molar-refractivity contribution is -0.133. The SMILES string of the molecule is COc1ccccc1CN1CCN(C(=O)CC2CCOc3ccccc32)CC1. The van der Waals surface area contributed by atoms with Gasteiger partial charge in [0.05, 0.1) is 13.7 Å². The quantitative estimate of drug-likeness (QED) is 0.798. The van der Waals surface area contributed by atoms with Crippen LogP contribution in [0.3, 0.4) is 0 Å². The highest BCUT2D eigenvalue weighted by molar-refractivity contribution is 5.77. The van der Waals surface area contributed by atoms with Crippen LogP contribution in [0.2, 0.25) is 0 Å². The van der Waals surface area contributed by atoms with Crippen molar-refractivity contribution in [1.29, 1.82) is 0 Å². The Bertz CT molecular complexity index is 815. The molecule has 1 amide bonds. The lowest BCUT2D eigenvalue weighted by atomic mass is 9.90. The molecule has 0 saturated carbocycles. The summed E-state index contributed by atoms with van der Waals surface area (Å²) < 4.78 is 11.2. The van der Waals surface area contributed by atoms with Crippen molar-refractivity contribution in [2.45, 2.75) is 25.3 Å². The van der Waals surface area contributed by atoms with Gasteiger partial charge in [0.25, 0.3) is 0 Å². The predicted molar refractivity (Wildman–Crippen MR) is 109 cm³/mol. The lowest BCUT2D eigenvalue weighted by Gasteiger charge is -2.36. The van der Waals surface area contributed by atoms with E-state index in [-0.39, 0.29) is 11.8 Å². The van der Waals surface area contributed by atoms with E-state index < -0.39 is 0 Å². The molecular weight excluding hydrogens is 352 g/mol. The van der Waals surface area contributed by atoms with Crippen LogP contribution in [0.1, 0.15) is 29.9 Å². The van der Waals surface area contributed by atoms with Crippen molar-refractivity contribution < 1.29 is 14.3 Å². The van der Waals surface area contributed by atoms with Gasteiger partial charge in [-0.15, -0.1) is 0 Å². The fourth-order valence-corrected chi connectivity index (χ4v) is 4.20. The van der Waals surface area contributed by atoms with E-state index in [0.29, 0.717) is 13.0 Å². The number of ether oxygens (including phenoxy) is 2. The Morgan fingerprint density at radius 3 is 2.64 bits per heavy atom. The first-order chi connectivity index (χ1) is 13.7. The molecule has 2 aliphatic rings. The van der Waals surface area contributed by atoms with Crippen LogP contribution < -0.4 is 9.47 Å². The maximum atomic E-state index is 12.9. The number of carbonyl (C=O) groups excluding carboxylic acids is 1. The van der Waals surface area contributed by atoms with E-state index in [1.165, 1.54) is 11.1 Å². The molecule has 2 aromatic carbocycles. The van der Waals surface area contributed by atoms with Crippen molar-refractivity contribution >= 4 is 5.91 Å². The smallest absolute Gasteiger partial charge is 0.223 e. The Morgan fingerprint density at radius 2 is 1.82 bits per heavy atom. The molecule has 0 spiro atoms.